The number of rotatable bonds is 7. The number of benzene rings is 1. The molecular weight excluding hydrogens is 370 g/mol. The van der Waals surface area contributed by atoms with E-state index in [9.17, 15) is 0 Å². The van der Waals surface area contributed by atoms with Crippen molar-refractivity contribution < 1.29 is 4.74 Å². The Morgan fingerprint density at radius 1 is 1.18 bits per heavy atom. The van der Waals surface area contributed by atoms with Crippen molar-refractivity contribution in [3.05, 3.63) is 72.7 Å². The van der Waals surface area contributed by atoms with E-state index in [0.29, 0.717) is 12.3 Å². The predicted octanol–water partition coefficient (Wildman–Crippen LogP) is 4.39. The fourth-order valence-corrected chi connectivity index (χ4v) is 3.96. The number of hydrogen-bond acceptors (Lipinski definition) is 5. The van der Waals surface area contributed by atoms with Crippen LogP contribution in [0.2, 0.25) is 0 Å². The molecular formula is C21H21N5OS. The van der Waals surface area contributed by atoms with Crippen molar-refractivity contribution in [2.24, 2.45) is 0 Å². The third kappa shape index (κ3) is 3.41. The first-order valence-corrected chi connectivity index (χ1v) is 9.93. The molecule has 0 saturated carbocycles. The minimum Gasteiger partial charge on any atom is -0.496 e. The number of imidazole rings is 1. The van der Waals surface area contributed by atoms with Gasteiger partial charge in [0.15, 0.2) is 11.0 Å². The van der Waals surface area contributed by atoms with Gasteiger partial charge in [-0.3, -0.25) is 4.57 Å². The largest absolute Gasteiger partial charge is 0.496 e. The summed E-state index contributed by atoms with van der Waals surface area (Å²) in [5, 5.41) is 9.66. The molecule has 0 aliphatic carbocycles. The van der Waals surface area contributed by atoms with Crippen LogP contribution in [-0.2, 0) is 12.3 Å². The van der Waals surface area contributed by atoms with E-state index in [0.717, 1.165) is 39.2 Å². The van der Waals surface area contributed by atoms with E-state index in [-0.39, 0.29) is 0 Å². The summed E-state index contributed by atoms with van der Waals surface area (Å²) in [4.78, 5) is 4.74. The Morgan fingerprint density at radius 2 is 2.04 bits per heavy atom. The Bertz CT molecular complexity index is 1130. The van der Waals surface area contributed by atoms with Crippen LogP contribution in [-0.4, -0.2) is 31.3 Å². The molecule has 3 heterocycles. The third-order valence-electron chi connectivity index (χ3n) is 4.45. The van der Waals surface area contributed by atoms with Crippen LogP contribution in [0.3, 0.4) is 0 Å². The van der Waals surface area contributed by atoms with Crippen molar-refractivity contribution >= 4 is 17.4 Å². The number of hydrogen-bond donors (Lipinski definition) is 0. The van der Waals surface area contributed by atoms with Gasteiger partial charge in [-0.1, -0.05) is 36.0 Å². The van der Waals surface area contributed by atoms with Crippen molar-refractivity contribution in [1.82, 2.24) is 24.1 Å². The summed E-state index contributed by atoms with van der Waals surface area (Å²) in [6.07, 6.45) is 5.93. The highest BCUT2D eigenvalue weighted by atomic mass is 32.2. The lowest BCUT2D eigenvalue weighted by Gasteiger charge is -2.10. The van der Waals surface area contributed by atoms with Gasteiger partial charge >= 0.3 is 0 Å². The van der Waals surface area contributed by atoms with Gasteiger partial charge in [0.05, 0.1) is 18.4 Å². The Morgan fingerprint density at radius 3 is 2.82 bits per heavy atom. The van der Waals surface area contributed by atoms with Crippen LogP contribution < -0.4 is 4.74 Å². The third-order valence-corrected chi connectivity index (χ3v) is 5.45. The molecule has 0 bridgehead atoms. The Labute approximate surface area is 167 Å². The molecule has 0 radical (unpaired) electrons. The van der Waals surface area contributed by atoms with Gasteiger partial charge in [-0.25, -0.2) is 4.98 Å². The van der Waals surface area contributed by atoms with Gasteiger partial charge in [0.25, 0.3) is 0 Å². The van der Waals surface area contributed by atoms with Gasteiger partial charge < -0.3 is 9.14 Å². The highest BCUT2D eigenvalue weighted by Crippen LogP contribution is 2.31. The van der Waals surface area contributed by atoms with E-state index in [2.05, 4.69) is 44.9 Å². The average Bonchev–Trinajstić information content (AvgIpc) is 3.31. The molecule has 0 N–H and O–H groups in total. The lowest BCUT2D eigenvalue weighted by atomic mass is 10.2. The molecule has 0 atom stereocenters. The van der Waals surface area contributed by atoms with Crippen LogP contribution in [0.5, 0.6) is 5.75 Å². The minimum absolute atomic E-state index is 0.618. The molecule has 0 amide bonds. The predicted molar refractivity (Wildman–Crippen MR) is 112 cm³/mol. The molecule has 28 heavy (non-hydrogen) atoms. The number of allylic oxidation sites excluding steroid dienone is 1. The molecule has 0 aliphatic heterocycles. The van der Waals surface area contributed by atoms with Crippen LogP contribution in [0.1, 0.15) is 11.3 Å². The van der Waals surface area contributed by atoms with Crippen molar-refractivity contribution in [1.29, 1.82) is 0 Å². The van der Waals surface area contributed by atoms with Gasteiger partial charge in [-0.05, 0) is 30.7 Å². The van der Waals surface area contributed by atoms with Crippen LogP contribution in [0.15, 0.2) is 66.6 Å². The molecule has 7 heteroatoms. The molecule has 0 unspecified atom stereocenters. The maximum absolute atomic E-state index is 5.49. The van der Waals surface area contributed by atoms with Crippen LogP contribution in [0, 0.1) is 6.92 Å². The summed E-state index contributed by atoms with van der Waals surface area (Å²) in [7, 11) is 1.66. The number of thioether (sulfide) groups is 1. The molecule has 3 aromatic heterocycles. The summed E-state index contributed by atoms with van der Waals surface area (Å²) in [6, 6.07) is 11.9. The van der Waals surface area contributed by atoms with Gasteiger partial charge in [-0.2, -0.15) is 0 Å². The first-order chi connectivity index (χ1) is 13.7. The Balaban J connectivity index is 1.63. The van der Waals surface area contributed by atoms with Crippen molar-refractivity contribution in [2.75, 3.05) is 7.11 Å². The second-order valence-electron chi connectivity index (χ2n) is 6.35. The Kier molecular flexibility index (Phi) is 5.16. The molecule has 0 spiro atoms. The SMILES string of the molecule is C=CCn1c(SCc2cn3cccc(C)c3n2)nnc1-c1ccccc1OC. The first kappa shape index (κ1) is 18.3. The first-order valence-electron chi connectivity index (χ1n) is 8.94. The monoisotopic (exact) mass is 391 g/mol. The molecule has 6 nitrogen and oxygen atoms in total. The lowest BCUT2D eigenvalue weighted by molar-refractivity contribution is 0.416. The lowest BCUT2D eigenvalue weighted by Crippen LogP contribution is -2.01. The van der Waals surface area contributed by atoms with Crippen molar-refractivity contribution in [2.45, 2.75) is 24.4 Å². The summed E-state index contributed by atoms with van der Waals surface area (Å²) in [5.41, 5.74) is 4.06. The summed E-state index contributed by atoms with van der Waals surface area (Å²) < 4.78 is 9.60. The number of aromatic nitrogens is 5. The van der Waals surface area contributed by atoms with Crippen LogP contribution in [0.25, 0.3) is 17.0 Å². The maximum atomic E-state index is 5.49. The van der Waals surface area contributed by atoms with Gasteiger partial charge in [0.1, 0.15) is 11.4 Å². The van der Waals surface area contributed by atoms with E-state index in [1.165, 1.54) is 0 Å². The average molecular weight is 392 g/mol. The smallest absolute Gasteiger partial charge is 0.192 e. The fourth-order valence-electron chi connectivity index (χ4n) is 3.13. The number of fused-ring (bicyclic) bond motifs is 1. The minimum atomic E-state index is 0.618. The zero-order chi connectivity index (χ0) is 19.5. The Hall–Kier alpha value is -3.06. The number of pyridine rings is 1. The van der Waals surface area contributed by atoms with E-state index < -0.39 is 0 Å². The molecule has 1 aromatic carbocycles. The topological polar surface area (TPSA) is 57.2 Å². The quantitative estimate of drug-likeness (QED) is 0.345. The molecule has 4 rings (SSSR count). The highest BCUT2D eigenvalue weighted by Gasteiger charge is 2.17. The normalized spacial score (nSPS) is 11.1. The van der Waals surface area contributed by atoms with Crippen molar-refractivity contribution in [3.63, 3.8) is 0 Å². The summed E-state index contributed by atoms with van der Waals surface area (Å²) in [6.45, 7) is 6.57. The van der Waals surface area contributed by atoms with Crippen LogP contribution >= 0.6 is 11.8 Å². The van der Waals surface area contributed by atoms with Crippen molar-refractivity contribution in [3.8, 4) is 17.1 Å². The molecule has 4 aromatic rings. The standard InChI is InChI=1S/C21H21N5OS/c1-4-11-26-20(17-9-5-6-10-18(17)27-3)23-24-21(26)28-14-16-13-25-12-7-8-15(2)19(25)22-16/h4-10,12-13H,1,11,14H2,2-3H3. The van der Waals surface area contributed by atoms with Gasteiger partial charge in [0, 0.05) is 24.7 Å². The number of nitrogens with zero attached hydrogens (tertiary/aromatic N) is 5. The molecule has 142 valence electrons. The van der Waals surface area contributed by atoms with Gasteiger partial charge in [-0.15, -0.1) is 16.8 Å². The fraction of sp³-hybridized carbons (Fsp3) is 0.190. The van der Waals surface area contributed by atoms with Crippen LogP contribution in [0.4, 0.5) is 0 Å². The van der Waals surface area contributed by atoms with E-state index in [4.69, 9.17) is 9.72 Å². The van der Waals surface area contributed by atoms with Gasteiger partial charge in [0.2, 0.25) is 0 Å². The van der Waals surface area contributed by atoms with E-state index >= 15 is 0 Å². The number of ether oxygens (including phenoxy) is 1. The maximum Gasteiger partial charge on any atom is 0.192 e. The van der Waals surface area contributed by atoms with E-state index in [1.807, 2.05) is 42.6 Å². The summed E-state index contributed by atoms with van der Waals surface area (Å²) >= 11 is 1.62. The number of para-hydroxylation sites is 1. The highest BCUT2D eigenvalue weighted by molar-refractivity contribution is 7.98. The zero-order valence-electron chi connectivity index (χ0n) is 15.9. The second kappa shape index (κ2) is 7.90. The molecule has 0 saturated heterocycles. The molecule has 0 fully saturated rings. The number of methoxy groups -OCH3 is 1. The molecule has 0 aliphatic rings. The second-order valence-corrected chi connectivity index (χ2v) is 7.29. The summed E-state index contributed by atoms with van der Waals surface area (Å²) in [5.74, 6) is 2.25. The number of aryl methyl sites for hydroxylation is 1. The van der Waals surface area contributed by atoms with E-state index in [1.54, 1.807) is 18.9 Å². The zero-order valence-corrected chi connectivity index (χ0v) is 16.7.